The van der Waals surface area contributed by atoms with Gasteiger partial charge < -0.3 is 19.5 Å². The fraction of sp³-hybridized carbons (Fsp3) is 0.333. The molecular weight excluding hydrogens is 376 g/mol. The van der Waals surface area contributed by atoms with Gasteiger partial charge >= 0.3 is 0 Å². The first-order valence-electron chi connectivity index (χ1n) is 9.12. The van der Waals surface area contributed by atoms with Crippen LogP contribution in [0, 0.1) is 5.92 Å². The Morgan fingerprint density at radius 1 is 1.11 bits per heavy atom. The summed E-state index contributed by atoms with van der Waals surface area (Å²) < 4.78 is 18.1. The van der Waals surface area contributed by atoms with E-state index in [1.807, 2.05) is 42.8 Å². The van der Waals surface area contributed by atoms with E-state index in [1.54, 1.807) is 25.6 Å². The lowest BCUT2D eigenvalue weighted by atomic mass is 10.0. The van der Waals surface area contributed by atoms with Gasteiger partial charge in [0, 0.05) is 18.9 Å². The Morgan fingerprint density at radius 3 is 2.61 bits per heavy atom. The molecule has 2 unspecified atom stereocenters. The minimum Gasteiger partial charge on any atom is -0.493 e. The molecule has 146 valence electrons. The molecule has 28 heavy (non-hydrogen) atoms. The van der Waals surface area contributed by atoms with E-state index in [9.17, 15) is 4.79 Å². The highest BCUT2D eigenvalue weighted by Crippen LogP contribution is 2.38. The topological polar surface area (TPSA) is 69.7 Å². The summed E-state index contributed by atoms with van der Waals surface area (Å²) >= 11 is 1.55. The Hall–Kier alpha value is -2.80. The van der Waals surface area contributed by atoms with Gasteiger partial charge in [-0.05, 0) is 42.3 Å². The Bertz CT molecular complexity index is 1020. The molecule has 4 rings (SSSR count). The number of hydrogen-bond acceptors (Lipinski definition) is 6. The number of fused-ring (bicyclic) bond motifs is 1. The molecule has 0 spiro atoms. The summed E-state index contributed by atoms with van der Waals surface area (Å²) in [7, 11) is 3.24. The van der Waals surface area contributed by atoms with Gasteiger partial charge in [0.15, 0.2) is 11.5 Å². The monoisotopic (exact) mass is 398 g/mol. The second-order valence-electron chi connectivity index (χ2n) is 6.84. The van der Waals surface area contributed by atoms with Crippen molar-refractivity contribution in [3.63, 3.8) is 0 Å². The molecule has 1 N–H and O–H groups in total. The van der Waals surface area contributed by atoms with Crippen LogP contribution in [-0.2, 0) is 4.79 Å². The Kier molecular flexibility index (Phi) is 5.09. The van der Waals surface area contributed by atoms with E-state index in [1.165, 1.54) is 0 Å². The van der Waals surface area contributed by atoms with Crippen molar-refractivity contribution >= 4 is 27.5 Å². The van der Waals surface area contributed by atoms with E-state index >= 15 is 0 Å². The maximum absolute atomic E-state index is 11.5. The maximum Gasteiger partial charge on any atom is 0.220 e. The third kappa shape index (κ3) is 3.49. The number of carbonyl (C=O) groups is 1. The van der Waals surface area contributed by atoms with E-state index in [0.717, 1.165) is 27.1 Å². The molecule has 2 heterocycles. The molecule has 0 radical (unpaired) electrons. The molecule has 3 aromatic rings. The summed E-state index contributed by atoms with van der Waals surface area (Å²) in [6, 6.07) is 9.90. The molecule has 0 aliphatic carbocycles. The smallest absolute Gasteiger partial charge is 0.220 e. The SMILES string of the molecule is COc1ccc(-c2cc(OC(C)C3CNC(=O)C3)c3scnc3c2)cc1OC. The first kappa shape index (κ1) is 18.6. The summed E-state index contributed by atoms with van der Waals surface area (Å²) in [6.07, 6.45) is 0.424. The van der Waals surface area contributed by atoms with Gasteiger partial charge in [0.25, 0.3) is 0 Å². The Balaban J connectivity index is 1.70. The largest absolute Gasteiger partial charge is 0.493 e. The van der Waals surface area contributed by atoms with Gasteiger partial charge in [0.2, 0.25) is 5.91 Å². The minimum atomic E-state index is -0.0788. The molecule has 2 aromatic carbocycles. The lowest BCUT2D eigenvalue weighted by Gasteiger charge is -2.20. The van der Waals surface area contributed by atoms with Gasteiger partial charge in [-0.1, -0.05) is 6.07 Å². The molecule has 1 amide bonds. The number of hydrogen-bond donors (Lipinski definition) is 1. The summed E-state index contributed by atoms with van der Waals surface area (Å²) in [5, 5.41) is 2.87. The van der Waals surface area contributed by atoms with Crippen LogP contribution in [0.4, 0.5) is 0 Å². The second-order valence-corrected chi connectivity index (χ2v) is 7.69. The van der Waals surface area contributed by atoms with Crippen molar-refractivity contribution in [2.45, 2.75) is 19.4 Å². The summed E-state index contributed by atoms with van der Waals surface area (Å²) in [4.78, 5) is 16.0. The third-order valence-corrected chi connectivity index (χ3v) is 5.96. The predicted octanol–water partition coefficient (Wildman–Crippen LogP) is 3.88. The van der Waals surface area contributed by atoms with Crippen LogP contribution in [0.15, 0.2) is 35.8 Å². The maximum atomic E-state index is 11.5. The van der Waals surface area contributed by atoms with Gasteiger partial charge in [-0.2, -0.15) is 0 Å². The van der Waals surface area contributed by atoms with Crippen LogP contribution in [0.25, 0.3) is 21.3 Å². The first-order valence-corrected chi connectivity index (χ1v) is 10.00. The number of amides is 1. The molecule has 6 nitrogen and oxygen atoms in total. The number of thiazole rings is 1. The molecule has 1 aromatic heterocycles. The minimum absolute atomic E-state index is 0.0788. The van der Waals surface area contributed by atoms with Crippen LogP contribution < -0.4 is 19.5 Å². The normalized spacial score (nSPS) is 17.4. The summed E-state index contributed by atoms with van der Waals surface area (Å²) in [5.41, 5.74) is 4.69. The zero-order valence-corrected chi connectivity index (χ0v) is 16.8. The van der Waals surface area contributed by atoms with E-state index < -0.39 is 0 Å². The number of nitrogens with one attached hydrogen (secondary N) is 1. The summed E-state index contributed by atoms with van der Waals surface area (Å²) in [6.45, 7) is 2.67. The van der Waals surface area contributed by atoms with Gasteiger partial charge in [-0.25, -0.2) is 4.98 Å². The number of methoxy groups -OCH3 is 2. The molecule has 0 bridgehead atoms. The van der Waals surface area contributed by atoms with Crippen molar-refractivity contribution < 1.29 is 19.0 Å². The molecule has 7 heteroatoms. The molecule has 1 saturated heterocycles. The van der Waals surface area contributed by atoms with Crippen LogP contribution >= 0.6 is 11.3 Å². The molecule has 2 atom stereocenters. The average molecular weight is 398 g/mol. The number of rotatable bonds is 6. The Labute approximate surface area is 167 Å². The van der Waals surface area contributed by atoms with Crippen molar-refractivity contribution in [3.8, 4) is 28.4 Å². The lowest BCUT2D eigenvalue weighted by molar-refractivity contribution is -0.119. The van der Waals surface area contributed by atoms with Crippen LogP contribution in [0.1, 0.15) is 13.3 Å². The number of carbonyl (C=O) groups excluding carboxylic acids is 1. The number of ether oxygens (including phenoxy) is 3. The van der Waals surface area contributed by atoms with Gasteiger partial charge in [0.05, 0.1) is 29.9 Å². The van der Waals surface area contributed by atoms with Crippen LogP contribution in [-0.4, -0.2) is 37.8 Å². The zero-order valence-electron chi connectivity index (χ0n) is 16.0. The predicted molar refractivity (Wildman–Crippen MR) is 109 cm³/mol. The molecular formula is C21H22N2O4S. The molecule has 0 saturated carbocycles. The zero-order chi connectivity index (χ0) is 19.7. The van der Waals surface area contributed by atoms with Crippen molar-refractivity contribution in [2.24, 2.45) is 5.92 Å². The van der Waals surface area contributed by atoms with E-state index in [0.29, 0.717) is 24.5 Å². The third-order valence-electron chi connectivity index (χ3n) is 5.10. The number of aromatic nitrogens is 1. The van der Waals surface area contributed by atoms with Crippen molar-refractivity contribution in [1.82, 2.24) is 10.3 Å². The quantitative estimate of drug-likeness (QED) is 0.682. The highest BCUT2D eigenvalue weighted by Gasteiger charge is 2.28. The number of nitrogens with zero attached hydrogens (tertiary/aromatic N) is 1. The Morgan fingerprint density at radius 2 is 1.89 bits per heavy atom. The molecule has 1 aliphatic heterocycles. The van der Waals surface area contributed by atoms with Crippen molar-refractivity contribution in [3.05, 3.63) is 35.8 Å². The lowest BCUT2D eigenvalue weighted by Crippen LogP contribution is -2.25. The highest BCUT2D eigenvalue weighted by molar-refractivity contribution is 7.17. The van der Waals surface area contributed by atoms with E-state index in [-0.39, 0.29) is 17.9 Å². The molecule has 1 aliphatic rings. The number of benzene rings is 2. The van der Waals surface area contributed by atoms with Gasteiger partial charge in [0.1, 0.15) is 11.9 Å². The second kappa shape index (κ2) is 7.67. The highest BCUT2D eigenvalue weighted by atomic mass is 32.1. The molecule has 1 fully saturated rings. The van der Waals surface area contributed by atoms with Crippen molar-refractivity contribution in [2.75, 3.05) is 20.8 Å². The average Bonchev–Trinajstić information content (AvgIpc) is 3.36. The van der Waals surface area contributed by atoms with Gasteiger partial charge in [-0.15, -0.1) is 11.3 Å². The standard InChI is InChI=1S/C21H22N2O4S/c1-12(15-9-20(24)22-10-15)27-19-8-14(6-16-21(19)28-11-23-16)13-4-5-17(25-2)18(7-13)26-3/h4-8,11-12,15H,9-10H2,1-3H3,(H,22,24). The van der Waals surface area contributed by atoms with Crippen LogP contribution in [0.3, 0.4) is 0 Å². The van der Waals surface area contributed by atoms with Crippen molar-refractivity contribution in [1.29, 1.82) is 0 Å². The van der Waals surface area contributed by atoms with Crippen LogP contribution in [0.2, 0.25) is 0 Å². The van der Waals surface area contributed by atoms with E-state index in [2.05, 4.69) is 10.3 Å². The summed E-state index contributed by atoms with van der Waals surface area (Å²) in [5.74, 6) is 2.40. The van der Waals surface area contributed by atoms with E-state index in [4.69, 9.17) is 14.2 Å². The van der Waals surface area contributed by atoms with Gasteiger partial charge in [-0.3, -0.25) is 4.79 Å². The van der Waals surface area contributed by atoms with Crippen LogP contribution in [0.5, 0.6) is 17.2 Å². The fourth-order valence-electron chi connectivity index (χ4n) is 3.46. The first-order chi connectivity index (χ1) is 13.6. The fourth-order valence-corrected chi connectivity index (χ4v) is 4.19.